The third-order valence-corrected chi connectivity index (χ3v) is 4.72. The summed E-state index contributed by atoms with van der Waals surface area (Å²) in [4.78, 5) is 2.29. The van der Waals surface area contributed by atoms with Gasteiger partial charge in [-0.15, -0.1) is 5.10 Å². The van der Waals surface area contributed by atoms with Crippen LogP contribution in [0.15, 0.2) is 4.42 Å². The third kappa shape index (κ3) is 3.14. The quantitative estimate of drug-likeness (QED) is 0.839. The molecule has 0 aromatic carbocycles. The van der Waals surface area contributed by atoms with Crippen LogP contribution in [0.25, 0.3) is 0 Å². The van der Waals surface area contributed by atoms with E-state index >= 15 is 0 Å². The molecule has 5 heteroatoms. The number of nitrogens with zero attached hydrogens (tertiary/aromatic N) is 3. The highest BCUT2D eigenvalue weighted by Crippen LogP contribution is 2.37. The fraction of sp³-hybridized carbons (Fsp3) is 0.867. The van der Waals surface area contributed by atoms with Gasteiger partial charge in [0, 0.05) is 13.1 Å². The molecule has 112 valence electrons. The molecule has 2 fully saturated rings. The van der Waals surface area contributed by atoms with Crippen molar-refractivity contribution in [2.24, 2.45) is 11.8 Å². The Kier molecular flexibility index (Phi) is 4.55. The predicted octanol–water partition coefficient (Wildman–Crippen LogP) is 2.59. The number of aromatic nitrogens is 2. The Hall–Kier alpha value is -1.10. The second-order valence-electron chi connectivity index (χ2n) is 6.19. The molecular weight excluding hydrogens is 252 g/mol. The summed E-state index contributed by atoms with van der Waals surface area (Å²) in [5, 5.41) is 11.7. The molecule has 1 N–H and O–H groups in total. The molecule has 0 spiro atoms. The van der Waals surface area contributed by atoms with Crippen molar-refractivity contribution in [2.75, 3.05) is 24.5 Å². The lowest BCUT2D eigenvalue weighted by Gasteiger charge is -2.40. The van der Waals surface area contributed by atoms with Gasteiger partial charge < -0.3 is 14.6 Å². The van der Waals surface area contributed by atoms with Crippen molar-refractivity contribution in [1.82, 2.24) is 15.5 Å². The normalized spacial score (nSPS) is 26.6. The van der Waals surface area contributed by atoms with Crippen LogP contribution in [0.1, 0.15) is 51.3 Å². The maximum atomic E-state index is 5.79. The predicted molar refractivity (Wildman–Crippen MR) is 78.6 cm³/mol. The zero-order valence-corrected chi connectivity index (χ0v) is 12.5. The number of hydrogen-bond donors (Lipinski definition) is 1. The number of nitrogens with one attached hydrogen (secondary N) is 1. The molecule has 1 saturated heterocycles. The molecule has 1 aromatic rings. The van der Waals surface area contributed by atoms with Crippen molar-refractivity contribution < 1.29 is 4.42 Å². The minimum absolute atomic E-state index is 0.681. The number of fused-ring (bicyclic) bond motifs is 1. The van der Waals surface area contributed by atoms with Gasteiger partial charge in [0.2, 0.25) is 5.89 Å². The molecule has 1 saturated carbocycles. The molecule has 2 heterocycles. The first-order chi connectivity index (χ1) is 9.86. The van der Waals surface area contributed by atoms with Gasteiger partial charge in [0.15, 0.2) is 0 Å². The lowest BCUT2D eigenvalue weighted by Crippen LogP contribution is -2.42. The van der Waals surface area contributed by atoms with Crippen LogP contribution in [0, 0.1) is 11.8 Å². The number of rotatable bonds is 5. The van der Waals surface area contributed by atoms with Gasteiger partial charge in [0.1, 0.15) is 0 Å². The summed E-state index contributed by atoms with van der Waals surface area (Å²) in [5.41, 5.74) is 0. The van der Waals surface area contributed by atoms with Crippen molar-refractivity contribution in [1.29, 1.82) is 0 Å². The fourth-order valence-electron chi connectivity index (χ4n) is 3.59. The first kappa shape index (κ1) is 13.9. The van der Waals surface area contributed by atoms with Crippen molar-refractivity contribution >= 4 is 6.01 Å². The van der Waals surface area contributed by atoms with E-state index in [-0.39, 0.29) is 0 Å². The molecule has 1 aliphatic heterocycles. The fourth-order valence-corrected chi connectivity index (χ4v) is 3.59. The Morgan fingerprint density at radius 3 is 2.90 bits per heavy atom. The van der Waals surface area contributed by atoms with Crippen molar-refractivity contribution in [3.8, 4) is 0 Å². The van der Waals surface area contributed by atoms with Gasteiger partial charge in [-0.1, -0.05) is 31.3 Å². The van der Waals surface area contributed by atoms with E-state index in [1.807, 2.05) is 0 Å². The minimum atomic E-state index is 0.681. The second kappa shape index (κ2) is 6.57. The van der Waals surface area contributed by atoms with Crippen molar-refractivity contribution in [2.45, 2.75) is 52.0 Å². The van der Waals surface area contributed by atoms with Gasteiger partial charge in [0.05, 0.1) is 6.54 Å². The van der Waals surface area contributed by atoms with Crippen molar-refractivity contribution in [3.63, 3.8) is 0 Å². The Morgan fingerprint density at radius 2 is 2.05 bits per heavy atom. The molecule has 0 radical (unpaired) electrons. The van der Waals surface area contributed by atoms with Crippen LogP contribution in [0.3, 0.4) is 0 Å². The first-order valence-electron chi connectivity index (χ1n) is 8.15. The molecule has 3 rings (SSSR count). The van der Waals surface area contributed by atoms with E-state index in [0.717, 1.165) is 43.9 Å². The van der Waals surface area contributed by atoms with Gasteiger partial charge in [-0.05, 0) is 37.6 Å². The summed E-state index contributed by atoms with van der Waals surface area (Å²) in [7, 11) is 0. The van der Waals surface area contributed by atoms with E-state index in [9.17, 15) is 0 Å². The SMILES string of the molecule is CCCNCc1nnc(N2CCC3CCCCC3C2)o1. The highest BCUT2D eigenvalue weighted by molar-refractivity contribution is 5.25. The van der Waals surface area contributed by atoms with Gasteiger partial charge in [-0.3, -0.25) is 0 Å². The van der Waals surface area contributed by atoms with Crippen LogP contribution in [-0.2, 0) is 6.54 Å². The Balaban J connectivity index is 1.56. The van der Waals surface area contributed by atoms with Gasteiger partial charge in [0.25, 0.3) is 0 Å². The average molecular weight is 278 g/mol. The third-order valence-electron chi connectivity index (χ3n) is 4.72. The summed E-state index contributed by atoms with van der Waals surface area (Å²) in [6.07, 6.45) is 8.03. The summed E-state index contributed by atoms with van der Waals surface area (Å²) in [6, 6.07) is 0.724. The lowest BCUT2D eigenvalue weighted by molar-refractivity contribution is 0.198. The van der Waals surface area contributed by atoms with Crippen LogP contribution >= 0.6 is 0 Å². The van der Waals surface area contributed by atoms with Gasteiger partial charge in [-0.25, -0.2) is 0 Å². The molecule has 2 atom stereocenters. The summed E-state index contributed by atoms with van der Waals surface area (Å²) in [6.45, 7) is 6.01. The summed E-state index contributed by atoms with van der Waals surface area (Å²) < 4.78 is 5.79. The van der Waals surface area contributed by atoms with Gasteiger partial charge >= 0.3 is 6.01 Å². The molecule has 20 heavy (non-hydrogen) atoms. The Labute approximate surface area is 121 Å². The Morgan fingerprint density at radius 1 is 1.20 bits per heavy atom. The number of hydrogen-bond acceptors (Lipinski definition) is 5. The van der Waals surface area contributed by atoms with Crippen LogP contribution in [0.4, 0.5) is 6.01 Å². The lowest BCUT2D eigenvalue weighted by atomic mass is 9.75. The van der Waals surface area contributed by atoms with E-state index in [0.29, 0.717) is 12.4 Å². The average Bonchev–Trinajstić information content (AvgIpc) is 2.96. The highest BCUT2D eigenvalue weighted by Gasteiger charge is 2.32. The van der Waals surface area contributed by atoms with E-state index in [4.69, 9.17) is 4.42 Å². The van der Waals surface area contributed by atoms with Crippen LogP contribution in [0.5, 0.6) is 0 Å². The monoisotopic (exact) mass is 278 g/mol. The maximum absolute atomic E-state index is 5.79. The molecular formula is C15H26N4O. The van der Waals surface area contributed by atoms with E-state index < -0.39 is 0 Å². The second-order valence-corrected chi connectivity index (χ2v) is 6.19. The maximum Gasteiger partial charge on any atom is 0.318 e. The molecule has 2 aliphatic rings. The minimum Gasteiger partial charge on any atom is -0.407 e. The van der Waals surface area contributed by atoms with Crippen molar-refractivity contribution in [3.05, 3.63) is 5.89 Å². The zero-order chi connectivity index (χ0) is 13.8. The molecule has 1 aliphatic carbocycles. The topological polar surface area (TPSA) is 54.2 Å². The van der Waals surface area contributed by atoms with Crippen LogP contribution in [0.2, 0.25) is 0 Å². The van der Waals surface area contributed by atoms with Crippen LogP contribution in [-0.4, -0.2) is 29.8 Å². The summed E-state index contributed by atoms with van der Waals surface area (Å²) in [5.74, 6) is 2.49. The van der Waals surface area contributed by atoms with E-state index in [1.165, 1.54) is 32.1 Å². The zero-order valence-electron chi connectivity index (χ0n) is 12.5. The van der Waals surface area contributed by atoms with Crippen LogP contribution < -0.4 is 10.2 Å². The van der Waals surface area contributed by atoms with E-state index in [1.54, 1.807) is 0 Å². The Bertz CT molecular complexity index is 420. The summed E-state index contributed by atoms with van der Waals surface area (Å²) >= 11 is 0. The molecule has 0 amide bonds. The smallest absolute Gasteiger partial charge is 0.318 e. The number of anilines is 1. The largest absolute Gasteiger partial charge is 0.407 e. The van der Waals surface area contributed by atoms with Gasteiger partial charge in [-0.2, -0.15) is 0 Å². The van der Waals surface area contributed by atoms with E-state index in [2.05, 4.69) is 27.3 Å². The standard InChI is InChI=1S/C15H26N4O/c1-2-8-16-10-14-17-18-15(20-14)19-9-7-12-5-3-4-6-13(12)11-19/h12-13,16H,2-11H2,1H3. The first-order valence-corrected chi connectivity index (χ1v) is 8.15. The molecule has 5 nitrogen and oxygen atoms in total. The highest BCUT2D eigenvalue weighted by atomic mass is 16.4. The molecule has 0 bridgehead atoms. The number of piperidine rings is 1. The molecule has 2 unspecified atom stereocenters. The molecule has 1 aromatic heterocycles.